The number of amides is 1. The maximum atomic E-state index is 12.9. The van der Waals surface area contributed by atoms with Crippen molar-refractivity contribution in [3.8, 4) is 0 Å². The summed E-state index contributed by atoms with van der Waals surface area (Å²) in [6, 6.07) is 22.1. The van der Waals surface area contributed by atoms with Gasteiger partial charge in [0.25, 0.3) is 0 Å². The zero-order valence-corrected chi connectivity index (χ0v) is 18.3. The number of hydrogen-bond donors (Lipinski definition) is 1. The molecule has 0 saturated carbocycles. The average Bonchev–Trinajstić information content (AvgIpc) is 3.24. The zero-order chi connectivity index (χ0) is 21.5. The van der Waals surface area contributed by atoms with Crippen LogP contribution in [-0.2, 0) is 29.2 Å². The van der Waals surface area contributed by atoms with Crippen LogP contribution in [0, 0.1) is 0 Å². The Hall–Kier alpha value is -2.67. The second-order valence-corrected chi connectivity index (χ2v) is 8.82. The van der Waals surface area contributed by atoms with E-state index in [1.165, 1.54) is 0 Å². The standard InChI is InChI=1S/C25H28N2O3S/c28-22(19-30-18-21-9-5-2-6-10-21)16-26-13-11-25(29)27(15-20-7-3-1-4-8-20)17-24-23(26)12-14-31-24/h1-10,12,14,22,28H,11,13,15-19H2/t22-/m1/s1. The number of benzene rings is 2. The summed E-state index contributed by atoms with van der Waals surface area (Å²) in [5, 5.41) is 12.6. The van der Waals surface area contributed by atoms with Crippen molar-refractivity contribution in [2.45, 2.75) is 32.2 Å². The van der Waals surface area contributed by atoms with Crippen LogP contribution in [0.4, 0.5) is 5.69 Å². The summed E-state index contributed by atoms with van der Waals surface area (Å²) >= 11 is 1.66. The van der Waals surface area contributed by atoms with Gasteiger partial charge in [-0.25, -0.2) is 0 Å². The first-order chi connectivity index (χ1) is 15.2. The summed E-state index contributed by atoms with van der Waals surface area (Å²) in [4.78, 5) is 18.1. The van der Waals surface area contributed by atoms with Crippen LogP contribution in [-0.4, -0.2) is 41.7 Å². The van der Waals surface area contributed by atoms with E-state index >= 15 is 0 Å². The molecule has 5 nitrogen and oxygen atoms in total. The molecule has 1 atom stereocenters. The van der Waals surface area contributed by atoms with Crippen molar-refractivity contribution in [1.29, 1.82) is 0 Å². The van der Waals surface area contributed by atoms with Gasteiger partial charge < -0.3 is 19.6 Å². The van der Waals surface area contributed by atoms with Crippen molar-refractivity contribution in [2.75, 3.05) is 24.6 Å². The van der Waals surface area contributed by atoms with Gasteiger partial charge in [0.1, 0.15) is 0 Å². The van der Waals surface area contributed by atoms with Gasteiger partial charge in [-0.3, -0.25) is 4.79 Å². The summed E-state index contributed by atoms with van der Waals surface area (Å²) in [6.45, 7) is 2.99. The topological polar surface area (TPSA) is 53.0 Å². The molecule has 1 aliphatic heterocycles. The van der Waals surface area contributed by atoms with E-state index < -0.39 is 6.10 Å². The van der Waals surface area contributed by atoms with Crippen LogP contribution in [0.25, 0.3) is 0 Å². The second kappa shape index (κ2) is 10.6. The number of rotatable bonds is 8. The predicted molar refractivity (Wildman–Crippen MR) is 124 cm³/mol. The summed E-state index contributed by atoms with van der Waals surface area (Å²) in [6.07, 6.45) is -0.189. The van der Waals surface area contributed by atoms with E-state index in [0.717, 1.165) is 21.7 Å². The third kappa shape index (κ3) is 5.94. The molecule has 1 amide bonds. The predicted octanol–water partition coefficient (Wildman–Crippen LogP) is 4.06. The molecule has 2 heterocycles. The number of aliphatic hydroxyl groups excluding tert-OH is 1. The first kappa shape index (κ1) is 21.6. The third-order valence-corrected chi connectivity index (χ3v) is 6.31. The number of aliphatic hydroxyl groups is 1. The number of hydrogen-bond acceptors (Lipinski definition) is 5. The Balaban J connectivity index is 1.37. The molecule has 1 N–H and O–H groups in total. The Kier molecular flexibility index (Phi) is 7.35. The first-order valence-corrected chi connectivity index (χ1v) is 11.5. The molecular weight excluding hydrogens is 408 g/mol. The van der Waals surface area contributed by atoms with Crippen LogP contribution in [0.1, 0.15) is 22.4 Å². The Morgan fingerprint density at radius 2 is 1.68 bits per heavy atom. The molecule has 31 heavy (non-hydrogen) atoms. The lowest BCUT2D eigenvalue weighted by Crippen LogP contribution is -2.41. The molecule has 0 saturated heterocycles. The number of thiophene rings is 1. The zero-order valence-electron chi connectivity index (χ0n) is 17.5. The summed E-state index contributed by atoms with van der Waals surface area (Å²) in [5.74, 6) is 0.141. The minimum absolute atomic E-state index is 0.141. The van der Waals surface area contributed by atoms with Gasteiger partial charge in [-0.05, 0) is 22.6 Å². The Labute approximate surface area is 187 Å². The van der Waals surface area contributed by atoms with E-state index in [2.05, 4.69) is 28.5 Å². The fraction of sp³-hybridized carbons (Fsp3) is 0.320. The molecule has 6 heteroatoms. The van der Waals surface area contributed by atoms with Crippen LogP contribution in [0.2, 0.25) is 0 Å². The second-order valence-electron chi connectivity index (χ2n) is 7.81. The molecule has 0 aliphatic carbocycles. The molecule has 2 aromatic carbocycles. The van der Waals surface area contributed by atoms with Gasteiger partial charge in [0.15, 0.2) is 0 Å². The number of fused-ring (bicyclic) bond motifs is 1. The van der Waals surface area contributed by atoms with Gasteiger partial charge in [0.2, 0.25) is 5.91 Å². The van der Waals surface area contributed by atoms with Gasteiger partial charge >= 0.3 is 0 Å². The van der Waals surface area contributed by atoms with Crippen LogP contribution in [0.5, 0.6) is 0 Å². The van der Waals surface area contributed by atoms with Gasteiger partial charge in [-0.1, -0.05) is 60.7 Å². The quantitative estimate of drug-likeness (QED) is 0.579. The Bertz CT molecular complexity index is 961. The fourth-order valence-corrected chi connectivity index (χ4v) is 4.75. The summed E-state index contributed by atoms with van der Waals surface area (Å²) in [5.41, 5.74) is 3.33. The number of anilines is 1. The maximum absolute atomic E-state index is 12.9. The highest BCUT2D eigenvalue weighted by molar-refractivity contribution is 7.10. The van der Waals surface area contributed by atoms with Crippen molar-refractivity contribution in [3.63, 3.8) is 0 Å². The van der Waals surface area contributed by atoms with Crippen LogP contribution < -0.4 is 4.90 Å². The van der Waals surface area contributed by atoms with Crippen molar-refractivity contribution in [2.24, 2.45) is 0 Å². The average molecular weight is 437 g/mol. The first-order valence-electron chi connectivity index (χ1n) is 10.6. The Morgan fingerprint density at radius 3 is 2.42 bits per heavy atom. The van der Waals surface area contributed by atoms with E-state index in [4.69, 9.17) is 4.74 Å². The van der Waals surface area contributed by atoms with Gasteiger partial charge in [0, 0.05) is 30.9 Å². The molecular formula is C25H28N2O3S. The van der Waals surface area contributed by atoms with Crippen LogP contribution in [0.3, 0.4) is 0 Å². The molecule has 1 aliphatic rings. The lowest BCUT2D eigenvalue weighted by atomic mass is 10.1. The van der Waals surface area contributed by atoms with Crippen molar-refractivity contribution >= 4 is 22.9 Å². The number of ether oxygens (including phenoxy) is 1. The van der Waals surface area contributed by atoms with Crippen LogP contribution >= 0.6 is 11.3 Å². The number of β-amino-alcohol motifs (C(OH)–C–C–N with tert-alkyl or cyclic N) is 1. The van der Waals surface area contributed by atoms with E-state index in [9.17, 15) is 9.90 Å². The van der Waals surface area contributed by atoms with E-state index in [0.29, 0.717) is 39.2 Å². The van der Waals surface area contributed by atoms with Gasteiger partial charge in [-0.15, -0.1) is 11.3 Å². The lowest BCUT2D eigenvalue weighted by molar-refractivity contribution is -0.132. The highest BCUT2D eigenvalue weighted by Crippen LogP contribution is 2.30. The molecule has 3 aromatic rings. The summed E-state index contributed by atoms with van der Waals surface area (Å²) < 4.78 is 5.70. The van der Waals surface area contributed by atoms with Crippen LogP contribution in [0.15, 0.2) is 72.1 Å². The monoisotopic (exact) mass is 436 g/mol. The number of carbonyl (C=O) groups is 1. The SMILES string of the molecule is O=C1CCN(C[C@@H](O)COCc2ccccc2)c2ccsc2CN1Cc1ccccc1. The molecule has 0 bridgehead atoms. The van der Waals surface area contributed by atoms with Gasteiger partial charge in [-0.2, -0.15) is 0 Å². The number of nitrogens with zero attached hydrogens (tertiary/aromatic N) is 2. The molecule has 4 rings (SSSR count). The third-order valence-electron chi connectivity index (χ3n) is 5.41. The van der Waals surface area contributed by atoms with E-state index in [-0.39, 0.29) is 12.5 Å². The van der Waals surface area contributed by atoms with Gasteiger partial charge in [0.05, 0.1) is 31.5 Å². The molecule has 0 radical (unpaired) electrons. The van der Waals surface area contributed by atoms with E-state index in [1.54, 1.807) is 11.3 Å². The molecule has 162 valence electrons. The fourth-order valence-electron chi connectivity index (χ4n) is 3.84. The van der Waals surface area contributed by atoms with E-state index in [1.807, 2.05) is 53.4 Å². The minimum Gasteiger partial charge on any atom is -0.389 e. The minimum atomic E-state index is -0.619. The number of carbonyl (C=O) groups excluding carboxylic acids is 1. The highest BCUT2D eigenvalue weighted by Gasteiger charge is 2.25. The largest absolute Gasteiger partial charge is 0.389 e. The van der Waals surface area contributed by atoms with Crippen molar-refractivity contribution in [1.82, 2.24) is 4.90 Å². The summed E-state index contributed by atoms with van der Waals surface area (Å²) in [7, 11) is 0. The maximum Gasteiger partial charge on any atom is 0.224 e. The smallest absolute Gasteiger partial charge is 0.224 e. The highest BCUT2D eigenvalue weighted by atomic mass is 32.1. The molecule has 0 unspecified atom stereocenters. The Morgan fingerprint density at radius 1 is 0.968 bits per heavy atom. The lowest BCUT2D eigenvalue weighted by Gasteiger charge is -2.32. The van der Waals surface area contributed by atoms with Crippen molar-refractivity contribution < 1.29 is 14.6 Å². The van der Waals surface area contributed by atoms with Crippen molar-refractivity contribution in [3.05, 3.63) is 88.1 Å². The molecule has 1 aromatic heterocycles. The molecule has 0 fully saturated rings. The molecule has 0 spiro atoms. The normalized spacial score (nSPS) is 15.3.